The Hall–Kier alpha value is -2.05. The summed E-state index contributed by atoms with van der Waals surface area (Å²) in [5.74, 6) is -3.62. The lowest BCUT2D eigenvalue weighted by Gasteiger charge is -2.41. The van der Waals surface area contributed by atoms with Gasteiger partial charge in [-0.1, -0.05) is 0 Å². The molecule has 0 aromatic carbocycles. The van der Waals surface area contributed by atoms with E-state index in [0.29, 0.717) is 4.31 Å². The van der Waals surface area contributed by atoms with Crippen LogP contribution in [-0.2, 0) is 10.2 Å². The second-order valence-electron chi connectivity index (χ2n) is 7.10. The molecule has 0 radical (unpaired) electrons. The molecule has 3 heterocycles. The fraction of sp³-hybridized carbons (Fsp3) is 0.600. The van der Waals surface area contributed by atoms with Crippen LogP contribution < -0.4 is 14.4 Å². The van der Waals surface area contributed by atoms with Crippen molar-refractivity contribution in [3.63, 3.8) is 0 Å². The van der Waals surface area contributed by atoms with Gasteiger partial charge in [0.25, 0.3) is 11.8 Å². The molecule has 1 fully saturated rings. The lowest BCUT2D eigenvalue weighted by molar-refractivity contribution is -0.0946. The van der Waals surface area contributed by atoms with Gasteiger partial charge in [0.2, 0.25) is 5.88 Å². The lowest BCUT2D eigenvalue weighted by atomic mass is 10.1. The van der Waals surface area contributed by atoms with Gasteiger partial charge < -0.3 is 15.2 Å². The Labute approximate surface area is 155 Å². The Morgan fingerprint density at radius 2 is 2.11 bits per heavy atom. The third kappa shape index (κ3) is 3.82. The van der Waals surface area contributed by atoms with E-state index in [1.807, 2.05) is 0 Å². The summed E-state index contributed by atoms with van der Waals surface area (Å²) in [6.45, 7) is 1.06. The van der Waals surface area contributed by atoms with E-state index in [0.717, 1.165) is 4.31 Å². The molecule has 27 heavy (non-hydrogen) atoms. The maximum atomic E-state index is 13.1. The van der Waals surface area contributed by atoms with Gasteiger partial charge in [-0.3, -0.25) is 4.79 Å². The number of nitrogens with zero attached hydrogens (tertiary/aromatic N) is 3. The first kappa shape index (κ1) is 19.7. The topological polar surface area (TPSA) is 112 Å². The molecule has 1 aromatic rings. The van der Waals surface area contributed by atoms with Gasteiger partial charge in [-0.05, 0) is 19.9 Å². The first-order valence-corrected chi connectivity index (χ1v) is 9.57. The largest absolute Gasteiger partial charge is 0.474 e. The fourth-order valence-electron chi connectivity index (χ4n) is 2.63. The zero-order valence-electron chi connectivity index (χ0n) is 14.8. The number of fused-ring (bicyclic) bond motifs is 1. The fourth-order valence-corrected chi connectivity index (χ4v) is 4.30. The van der Waals surface area contributed by atoms with Crippen LogP contribution in [0.1, 0.15) is 24.2 Å². The van der Waals surface area contributed by atoms with Gasteiger partial charge in [0.15, 0.2) is 0 Å². The average Bonchev–Trinajstić information content (AvgIpc) is 2.58. The van der Waals surface area contributed by atoms with Crippen LogP contribution in [0.3, 0.4) is 0 Å². The van der Waals surface area contributed by atoms with Crippen LogP contribution in [0.4, 0.5) is 14.5 Å². The molecule has 3 rings (SSSR count). The Morgan fingerprint density at radius 1 is 1.44 bits per heavy atom. The molecule has 0 bridgehead atoms. The number of carbonyl (C=O) groups excluding carboxylic acids is 1. The maximum Gasteiger partial charge on any atom is 0.304 e. The van der Waals surface area contributed by atoms with Crippen LogP contribution in [0, 0.1) is 0 Å². The summed E-state index contributed by atoms with van der Waals surface area (Å²) in [6.07, 6.45) is 1.22. The summed E-state index contributed by atoms with van der Waals surface area (Å²) in [7, 11) is -4.20. The summed E-state index contributed by atoms with van der Waals surface area (Å²) in [4.78, 5) is 16.3. The number of carbonyl (C=O) groups is 1. The van der Waals surface area contributed by atoms with Crippen LogP contribution in [0.15, 0.2) is 12.3 Å². The summed E-state index contributed by atoms with van der Waals surface area (Å²) < 4.78 is 58.5. The van der Waals surface area contributed by atoms with Gasteiger partial charge in [-0.15, -0.1) is 0 Å². The van der Waals surface area contributed by atoms with E-state index in [1.165, 1.54) is 12.3 Å². The Bertz CT molecular complexity index is 854. The molecule has 1 saturated heterocycles. The molecular weight excluding hydrogens is 386 g/mol. The third-order valence-electron chi connectivity index (χ3n) is 4.16. The molecule has 150 valence electrons. The van der Waals surface area contributed by atoms with Gasteiger partial charge >= 0.3 is 10.2 Å². The van der Waals surface area contributed by atoms with E-state index in [4.69, 9.17) is 4.74 Å². The molecule has 2 aliphatic heterocycles. The highest BCUT2D eigenvalue weighted by atomic mass is 32.2. The smallest absolute Gasteiger partial charge is 0.304 e. The van der Waals surface area contributed by atoms with Crippen molar-refractivity contribution < 1.29 is 31.8 Å². The van der Waals surface area contributed by atoms with E-state index < -0.39 is 40.7 Å². The Morgan fingerprint density at radius 3 is 2.70 bits per heavy atom. The minimum Gasteiger partial charge on any atom is -0.474 e. The molecule has 1 aromatic heterocycles. The maximum absolute atomic E-state index is 13.1. The normalized spacial score (nSPS) is 19.7. The third-order valence-corrected chi connectivity index (χ3v) is 6.01. The van der Waals surface area contributed by atoms with Gasteiger partial charge in [-0.2, -0.15) is 12.7 Å². The Balaban J connectivity index is 1.89. The molecule has 1 amide bonds. The number of hydrogen-bond acceptors (Lipinski definition) is 6. The summed E-state index contributed by atoms with van der Waals surface area (Å²) in [5.41, 5.74) is -0.834. The quantitative estimate of drug-likeness (QED) is 0.711. The summed E-state index contributed by atoms with van der Waals surface area (Å²) in [6, 6.07) is 1.28. The number of amides is 1. The number of aliphatic hydroxyl groups is 1. The first-order valence-electron chi connectivity index (χ1n) is 8.17. The number of aliphatic hydroxyl groups excluding tert-OH is 1. The van der Waals surface area contributed by atoms with Crippen LogP contribution >= 0.6 is 0 Å². The van der Waals surface area contributed by atoms with Crippen molar-refractivity contribution in [3.8, 4) is 5.88 Å². The number of halogens is 2. The molecule has 0 spiro atoms. The van der Waals surface area contributed by atoms with E-state index in [-0.39, 0.29) is 36.9 Å². The summed E-state index contributed by atoms with van der Waals surface area (Å²) >= 11 is 0. The van der Waals surface area contributed by atoms with Crippen LogP contribution in [0.25, 0.3) is 0 Å². The van der Waals surface area contributed by atoms with E-state index in [9.17, 15) is 27.1 Å². The SMILES string of the molecule is CC(C)(CO)NC(=O)c1cnc2c(c1)N(S(=O)(=O)N1CC(F)(F)C1)CCO2. The molecule has 0 saturated carbocycles. The molecule has 2 aliphatic rings. The van der Waals surface area contributed by atoms with Crippen molar-refractivity contribution in [2.45, 2.75) is 25.3 Å². The van der Waals surface area contributed by atoms with Crippen molar-refractivity contribution in [2.75, 3.05) is 37.2 Å². The number of rotatable bonds is 5. The van der Waals surface area contributed by atoms with Crippen molar-refractivity contribution in [1.29, 1.82) is 0 Å². The number of pyridine rings is 1. The molecule has 0 atom stereocenters. The average molecular weight is 406 g/mol. The molecular formula is C15H20F2N4O5S. The Kier molecular flexibility index (Phi) is 4.77. The highest BCUT2D eigenvalue weighted by molar-refractivity contribution is 7.90. The molecule has 2 N–H and O–H groups in total. The van der Waals surface area contributed by atoms with E-state index in [2.05, 4.69) is 10.3 Å². The zero-order chi connectivity index (χ0) is 20.0. The zero-order valence-corrected chi connectivity index (χ0v) is 15.6. The minimum absolute atomic E-state index is 0.00456. The van der Waals surface area contributed by atoms with Gasteiger partial charge in [0, 0.05) is 6.20 Å². The van der Waals surface area contributed by atoms with Crippen LogP contribution in [0.2, 0.25) is 0 Å². The number of alkyl halides is 2. The number of aromatic nitrogens is 1. The first-order chi connectivity index (χ1) is 12.5. The van der Waals surface area contributed by atoms with Crippen LogP contribution in [-0.4, -0.2) is 73.0 Å². The van der Waals surface area contributed by atoms with Crippen molar-refractivity contribution in [2.24, 2.45) is 0 Å². The summed E-state index contributed by atoms with van der Waals surface area (Å²) in [5, 5.41) is 11.9. The molecule has 12 heteroatoms. The molecule has 0 unspecified atom stereocenters. The second-order valence-corrected chi connectivity index (χ2v) is 8.95. The van der Waals surface area contributed by atoms with Crippen molar-refractivity contribution in [1.82, 2.24) is 14.6 Å². The van der Waals surface area contributed by atoms with E-state index >= 15 is 0 Å². The van der Waals surface area contributed by atoms with E-state index in [1.54, 1.807) is 13.8 Å². The predicted molar refractivity (Wildman–Crippen MR) is 91.1 cm³/mol. The number of anilines is 1. The number of nitrogens with one attached hydrogen (secondary N) is 1. The molecule has 0 aliphatic carbocycles. The highest BCUT2D eigenvalue weighted by Gasteiger charge is 2.52. The van der Waals surface area contributed by atoms with Gasteiger partial charge in [0.1, 0.15) is 12.3 Å². The standard InChI is InChI=1S/C15H20F2N4O5S/c1-14(2,9-22)19-12(23)10-5-11-13(18-6-10)26-4-3-21(11)27(24,25)20-7-15(16,17)8-20/h5-6,22H,3-4,7-9H2,1-2H3,(H,19,23). The van der Waals surface area contributed by atoms with Crippen molar-refractivity contribution in [3.05, 3.63) is 17.8 Å². The molecule has 9 nitrogen and oxygen atoms in total. The lowest BCUT2D eigenvalue weighted by Crippen LogP contribution is -2.62. The predicted octanol–water partition coefficient (Wildman–Crippen LogP) is -0.0232. The minimum atomic E-state index is -4.20. The monoisotopic (exact) mass is 406 g/mol. The second kappa shape index (κ2) is 6.53. The number of ether oxygens (including phenoxy) is 1. The van der Waals surface area contributed by atoms with Gasteiger partial charge in [-0.25, -0.2) is 18.1 Å². The van der Waals surface area contributed by atoms with Crippen LogP contribution in [0.5, 0.6) is 5.88 Å². The van der Waals surface area contributed by atoms with Gasteiger partial charge in [0.05, 0.1) is 37.3 Å². The highest BCUT2D eigenvalue weighted by Crippen LogP contribution is 2.37. The van der Waals surface area contributed by atoms with Crippen molar-refractivity contribution >= 4 is 21.8 Å². The number of hydrogen-bond donors (Lipinski definition) is 2.